The number of ether oxygens (including phenoxy) is 3. The van der Waals surface area contributed by atoms with Gasteiger partial charge < -0.3 is 19.1 Å². The molecule has 3 amide bonds. The van der Waals surface area contributed by atoms with Crippen LogP contribution in [0.5, 0.6) is 11.5 Å². The Kier molecular flexibility index (Phi) is 8.19. The number of hydrogen-bond donors (Lipinski definition) is 0. The molecule has 1 aromatic rings. The Labute approximate surface area is 198 Å². The lowest BCUT2D eigenvalue weighted by Gasteiger charge is -2.18. The second-order valence-electron chi connectivity index (χ2n) is 6.97. The van der Waals surface area contributed by atoms with Gasteiger partial charge in [0, 0.05) is 17.6 Å². The minimum atomic E-state index is -0.537. The standard InChI is InChI=1S/C21H23BrN2O7S/c1-3-30-15-8-13(14(22)10-16(15)31-12-19(26)29-2)9-17-20(27)24(21(28)32-17)11-18(25)23-6-4-5-7-23/h8-10H,3-7,11-12H2,1-2H3/b17-9+. The van der Waals surface area contributed by atoms with Crippen LogP contribution in [0.25, 0.3) is 6.08 Å². The number of nitrogens with zero attached hydrogens (tertiary/aromatic N) is 2. The smallest absolute Gasteiger partial charge is 0.343 e. The van der Waals surface area contributed by atoms with Crippen molar-refractivity contribution in [2.24, 2.45) is 0 Å². The fourth-order valence-electron chi connectivity index (χ4n) is 3.22. The number of methoxy groups -OCH3 is 1. The van der Waals surface area contributed by atoms with Gasteiger partial charge in [0.05, 0.1) is 18.6 Å². The van der Waals surface area contributed by atoms with Crippen molar-refractivity contribution < 1.29 is 33.4 Å². The first-order chi connectivity index (χ1) is 15.3. The highest BCUT2D eigenvalue weighted by Crippen LogP contribution is 2.38. The molecule has 11 heteroatoms. The lowest BCUT2D eigenvalue weighted by Crippen LogP contribution is -2.40. The Hall–Kier alpha value is -2.53. The summed E-state index contributed by atoms with van der Waals surface area (Å²) < 4.78 is 16.2. The molecule has 0 radical (unpaired) electrons. The Morgan fingerprint density at radius 1 is 1.16 bits per heavy atom. The monoisotopic (exact) mass is 526 g/mol. The van der Waals surface area contributed by atoms with Gasteiger partial charge in [0.2, 0.25) is 5.91 Å². The zero-order valence-electron chi connectivity index (χ0n) is 17.7. The first-order valence-electron chi connectivity index (χ1n) is 10.0. The summed E-state index contributed by atoms with van der Waals surface area (Å²) in [5, 5.41) is -0.479. The topological polar surface area (TPSA) is 102 Å². The number of likely N-dealkylation sites (tertiary alicyclic amines) is 1. The predicted molar refractivity (Wildman–Crippen MR) is 121 cm³/mol. The van der Waals surface area contributed by atoms with E-state index in [9.17, 15) is 19.2 Å². The second-order valence-corrected chi connectivity index (χ2v) is 8.82. The van der Waals surface area contributed by atoms with Gasteiger partial charge in [0.25, 0.3) is 11.1 Å². The molecular formula is C21H23BrN2O7S. The van der Waals surface area contributed by atoms with E-state index in [2.05, 4.69) is 20.7 Å². The van der Waals surface area contributed by atoms with Gasteiger partial charge in [0.15, 0.2) is 18.1 Å². The van der Waals surface area contributed by atoms with Crippen molar-refractivity contribution in [3.8, 4) is 11.5 Å². The Bertz CT molecular complexity index is 960. The molecule has 0 unspecified atom stereocenters. The van der Waals surface area contributed by atoms with E-state index >= 15 is 0 Å². The van der Waals surface area contributed by atoms with E-state index in [1.54, 1.807) is 30.0 Å². The van der Waals surface area contributed by atoms with Crippen LogP contribution in [0.3, 0.4) is 0 Å². The highest BCUT2D eigenvalue weighted by atomic mass is 79.9. The van der Waals surface area contributed by atoms with E-state index in [1.165, 1.54) is 7.11 Å². The summed E-state index contributed by atoms with van der Waals surface area (Å²) in [5.41, 5.74) is 0.579. The maximum absolute atomic E-state index is 12.8. The molecule has 3 rings (SSSR count). The third kappa shape index (κ3) is 5.63. The average Bonchev–Trinajstić information content (AvgIpc) is 3.39. The molecular weight excluding hydrogens is 504 g/mol. The van der Waals surface area contributed by atoms with Gasteiger partial charge in [-0.1, -0.05) is 15.9 Å². The van der Waals surface area contributed by atoms with Gasteiger partial charge in [-0.25, -0.2) is 4.79 Å². The van der Waals surface area contributed by atoms with Crippen LogP contribution in [0.4, 0.5) is 4.79 Å². The van der Waals surface area contributed by atoms with Crippen LogP contribution < -0.4 is 9.47 Å². The number of thioether (sulfide) groups is 1. The minimum Gasteiger partial charge on any atom is -0.490 e. The first-order valence-corrected chi connectivity index (χ1v) is 11.6. The lowest BCUT2D eigenvalue weighted by atomic mass is 10.1. The molecule has 1 aromatic carbocycles. The lowest BCUT2D eigenvalue weighted by molar-refractivity contribution is -0.143. The fourth-order valence-corrected chi connectivity index (χ4v) is 4.48. The van der Waals surface area contributed by atoms with Crippen LogP contribution in [0.1, 0.15) is 25.3 Å². The number of benzene rings is 1. The largest absolute Gasteiger partial charge is 0.490 e. The first kappa shape index (κ1) is 24.1. The normalized spacial score (nSPS) is 17.3. The van der Waals surface area contributed by atoms with Crippen molar-refractivity contribution in [1.82, 2.24) is 9.80 Å². The van der Waals surface area contributed by atoms with Gasteiger partial charge in [-0.15, -0.1) is 0 Å². The zero-order valence-corrected chi connectivity index (χ0v) is 20.1. The van der Waals surface area contributed by atoms with E-state index < -0.39 is 17.1 Å². The molecule has 9 nitrogen and oxygen atoms in total. The molecule has 2 fully saturated rings. The van der Waals surface area contributed by atoms with Gasteiger partial charge in [-0.3, -0.25) is 19.3 Å². The van der Waals surface area contributed by atoms with Gasteiger partial charge in [-0.2, -0.15) is 0 Å². The van der Waals surface area contributed by atoms with Gasteiger partial charge >= 0.3 is 5.97 Å². The number of hydrogen-bond acceptors (Lipinski definition) is 8. The number of halogens is 1. The molecule has 2 aliphatic rings. The number of amides is 3. The molecule has 32 heavy (non-hydrogen) atoms. The van der Waals surface area contributed by atoms with E-state index in [0.717, 1.165) is 29.5 Å². The molecule has 0 aliphatic carbocycles. The summed E-state index contributed by atoms with van der Waals surface area (Å²) in [7, 11) is 1.26. The molecule has 172 valence electrons. The Morgan fingerprint density at radius 2 is 1.84 bits per heavy atom. The summed E-state index contributed by atoms with van der Waals surface area (Å²) in [5.74, 6) is -0.578. The van der Waals surface area contributed by atoms with Crippen LogP contribution in [0.15, 0.2) is 21.5 Å². The third-order valence-corrected chi connectivity index (χ3v) is 6.44. The van der Waals surface area contributed by atoms with Crippen LogP contribution in [0.2, 0.25) is 0 Å². The van der Waals surface area contributed by atoms with E-state index in [4.69, 9.17) is 9.47 Å². The maximum Gasteiger partial charge on any atom is 0.343 e. The van der Waals surface area contributed by atoms with Crippen molar-refractivity contribution in [1.29, 1.82) is 0 Å². The molecule has 0 spiro atoms. The van der Waals surface area contributed by atoms with E-state index in [0.29, 0.717) is 41.2 Å². The van der Waals surface area contributed by atoms with Crippen molar-refractivity contribution in [2.45, 2.75) is 19.8 Å². The second kappa shape index (κ2) is 10.9. The summed E-state index contributed by atoms with van der Waals surface area (Å²) in [6.07, 6.45) is 3.42. The Balaban J connectivity index is 1.79. The summed E-state index contributed by atoms with van der Waals surface area (Å²) in [6.45, 7) is 2.92. The number of esters is 1. The summed E-state index contributed by atoms with van der Waals surface area (Å²) >= 11 is 4.21. The maximum atomic E-state index is 12.8. The molecule has 0 saturated carbocycles. The molecule has 0 aromatic heterocycles. The van der Waals surface area contributed by atoms with Crippen LogP contribution in [0, 0.1) is 0 Å². The molecule has 0 atom stereocenters. The number of carbonyl (C=O) groups excluding carboxylic acids is 4. The number of carbonyl (C=O) groups is 4. The van der Waals surface area contributed by atoms with Crippen molar-refractivity contribution in [2.75, 3.05) is 40.0 Å². The van der Waals surface area contributed by atoms with Crippen LogP contribution in [-0.2, 0) is 19.1 Å². The van der Waals surface area contributed by atoms with E-state index in [-0.39, 0.29) is 24.0 Å². The van der Waals surface area contributed by atoms with E-state index in [1.807, 2.05) is 0 Å². The summed E-state index contributed by atoms with van der Waals surface area (Å²) in [6, 6.07) is 3.25. The van der Waals surface area contributed by atoms with Gasteiger partial charge in [-0.05, 0) is 55.3 Å². The zero-order chi connectivity index (χ0) is 23.3. The molecule has 2 saturated heterocycles. The third-order valence-electron chi connectivity index (χ3n) is 4.85. The average molecular weight is 527 g/mol. The number of rotatable bonds is 8. The predicted octanol–water partition coefficient (Wildman–Crippen LogP) is 3.06. The molecule has 2 heterocycles. The Morgan fingerprint density at radius 3 is 2.50 bits per heavy atom. The van der Waals surface area contributed by atoms with Crippen LogP contribution >= 0.6 is 27.7 Å². The highest BCUT2D eigenvalue weighted by Gasteiger charge is 2.37. The SMILES string of the molecule is CCOc1cc(/C=C2/SC(=O)N(CC(=O)N3CCCC3)C2=O)c(Br)cc1OCC(=O)OC. The van der Waals surface area contributed by atoms with Crippen molar-refractivity contribution >= 4 is 56.8 Å². The molecule has 0 N–H and O–H groups in total. The van der Waals surface area contributed by atoms with Crippen LogP contribution in [-0.4, -0.2) is 72.8 Å². The molecule has 2 aliphatic heterocycles. The molecule has 0 bridgehead atoms. The van der Waals surface area contributed by atoms with Crippen molar-refractivity contribution in [3.63, 3.8) is 0 Å². The minimum absolute atomic E-state index is 0.204. The van der Waals surface area contributed by atoms with Gasteiger partial charge in [0.1, 0.15) is 6.54 Å². The quantitative estimate of drug-likeness (QED) is 0.376. The highest BCUT2D eigenvalue weighted by molar-refractivity contribution is 9.10. The summed E-state index contributed by atoms with van der Waals surface area (Å²) in [4.78, 5) is 51.8. The number of imide groups is 1. The van der Waals surface area contributed by atoms with Crippen molar-refractivity contribution in [3.05, 3.63) is 27.1 Å². The fraction of sp³-hybridized carbons (Fsp3) is 0.429.